The Morgan fingerprint density at radius 1 is 1.23 bits per heavy atom. The molecule has 5 heteroatoms. The molecule has 5 nitrogen and oxygen atoms in total. The summed E-state index contributed by atoms with van der Waals surface area (Å²) in [6.07, 6.45) is 3.22. The lowest BCUT2D eigenvalue weighted by atomic mass is 10.1. The van der Waals surface area contributed by atoms with Crippen molar-refractivity contribution in [2.24, 2.45) is 0 Å². The Labute approximate surface area is 153 Å². The van der Waals surface area contributed by atoms with Crippen LogP contribution in [0.4, 0.5) is 5.69 Å². The topological polar surface area (TPSA) is 75.4 Å². The number of phenolic OH excluding ortho intramolecular Hbond substituents is 1. The Morgan fingerprint density at radius 3 is 2.77 bits per heavy atom. The second kappa shape index (κ2) is 7.60. The molecule has 1 amide bonds. The highest BCUT2D eigenvalue weighted by molar-refractivity contribution is 5.92. The highest BCUT2D eigenvalue weighted by Crippen LogP contribution is 2.36. The molecule has 0 aliphatic rings. The second-order valence-corrected chi connectivity index (χ2v) is 6.52. The lowest BCUT2D eigenvalue weighted by molar-refractivity contribution is -0.116. The van der Waals surface area contributed by atoms with Gasteiger partial charge >= 0.3 is 0 Å². The van der Waals surface area contributed by atoms with E-state index in [1.807, 2.05) is 25.1 Å². The van der Waals surface area contributed by atoms with Gasteiger partial charge in [-0.3, -0.25) is 4.79 Å². The third-order valence-corrected chi connectivity index (χ3v) is 4.43. The molecule has 0 aliphatic carbocycles. The summed E-state index contributed by atoms with van der Waals surface area (Å²) in [5.41, 5.74) is 4.37. The molecular formula is C21H24N2O3. The normalized spacial score (nSPS) is 11.0. The van der Waals surface area contributed by atoms with Crippen LogP contribution in [-0.2, 0) is 11.2 Å². The Bertz CT molecular complexity index is 944. The maximum absolute atomic E-state index is 12.0. The van der Waals surface area contributed by atoms with Gasteiger partial charge in [-0.15, -0.1) is 0 Å². The van der Waals surface area contributed by atoms with Gasteiger partial charge in [-0.2, -0.15) is 0 Å². The van der Waals surface area contributed by atoms with Gasteiger partial charge in [0.1, 0.15) is 11.3 Å². The number of carbonyl (C=O) groups is 1. The molecular weight excluding hydrogens is 328 g/mol. The van der Waals surface area contributed by atoms with Gasteiger partial charge in [0.15, 0.2) is 5.58 Å². The molecule has 0 saturated carbocycles. The predicted molar refractivity (Wildman–Crippen MR) is 103 cm³/mol. The monoisotopic (exact) mass is 352 g/mol. The summed E-state index contributed by atoms with van der Waals surface area (Å²) >= 11 is 0. The molecule has 0 saturated heterocycles. The lowest BCUT2D eigenvalue weighted by Gasteiger charge is -2.10. The van der Waals surface area contributed by atoms with E-state index in [0.717, 1.165) is 24.8 Å². The molecule has 136 valence electrons. The average molecular weight is 352 g/mol. The third-order valence-electron chi connectivity index (χ3n) is 4.43. The van der Waals surface area contributed by atoms with E-state index in [2.05, 4.69) is 17.2 Å². The number of hydrogen-bond donors (Lipinski definition) is 2. The van der Waals surface area contributed by atoms with Gasteiger partial charge in [0, 0.05) is 12.1 Å². The molecule has 3 rings (SSSR count). The minimum Gasteiger partial charge on any atom is -0.507 e. The van der Waals surface area contributed by atoms with Crippen molar-refractivity contribution in [3.05, 3.63) is 41.5 Å². The summed E-state index contributed by atoms with van der Waals surface area (Å²) in [5.74, 6) is 0.422. The van der Waals surface area contributed by atoms with Gasteiger partial charge in [-0.05, 0) is 55.2 Å². The fraction of sp³-hybridized carbons (Fsp3) is 0.333. The quantitative estimate of drug-likeness (QED) is 0.598. The number of carbonyl (C=O) groups excluding carboxylic acids is 1. The van der Waals surface area contributed by atoms with Crippen LogP contribution in [0.1, 0.15) is 44.2 Å². The molecule has 0 spiro atoms. The highest BCUT2D eigenvalue weighted by atomic mass is 16.3. The Morgan fingerprint density at radius 2 is 2.04 bits per heavy atom. The number of nitrogens with zero attached hydrogens (tertiary/aromatic N) is 1. The fourth-order valence-electron chi connectivity index (χ4n) is 2.88. The molecule has 26 heavy (non-hydrogen) atoms. The van der Waals surface area contributed by atoms with E-state index in [1.54, 1.807) is 19.1 Å². The first kappa shape index (κ1) is 18.0. The third kappa shape index (κ3) is 3.72. The molecule has 2 aromatic carbocycles. The number of hydrogen-bond acceptors (Lipinski definition) is 4. The van der Waals surface area contributed by atoms with Crippen molar-refractivity contribution in [3.8, 4) is 17.2 Å². The van der Waals surface area contributed by atoms with Gasteiger partial charge in [0.05, 0.1) is 5.56 Å². The van der Waals surface area contributed by atoms with Crippen molar-refractivity contribution in [1.29, 1.82) is 0 Å². The van der Waals surface area contributed by atoms with Crippen molar-refractivity contribution in [2.45, 2.75) is 46.5 Å². The van der Waals surface area contributed by atoms with Gasteiger partial charge in [0.25, 0.3) is 0 Å². The van der Waals surface area contributed by atoms with Crippen LogP contribution < -0.4 is 5.32 Å². The van der Waals surface area contributed by atoms with Crippen LogP contribution in [0.5, 0.6) is 5.75 Å². The number of phenols is 1. The van der Waals surface area contributed by atoms with Crippen LogP contribution >= 0.6 is 0 Å². The van der Waals surface area contributed by atoms with Crippen LogP contribution in [0.25, 0.3) is 22.6 Å². The molecule has 0 aliphatic heterocycles. The summed E-state index contributed by atoms with van der Waals surface area (Å²) in [5, 5.41) is 13.4. The standard InChI is InChI=1S/C21H24N2O3/c1-4-6-7-19(24)22-15-10-13(3)20(25)16(12-15)21-23-17-11-14(5-2)8-9-18(17)26-21/h8-12,25H,4-7H2,1-3H3,(H,22,24). The number of aromatic nitrogens is 1. The molecule has 0 radical (unpaired) electrons. The Kier molecular flexibility index (Phi) is 5.26. The number of aryl methyl sites for hydroxylation is 2. The second-order valence-electron chi connectivity index (χ2n) is 6.52. The highest BCUT2D eigenvalue weighted by Gasteiger charge is 2.16. The van der Waals surface area contributed by atoms with Crippen molar-refractivity contribution in [3.63, 3.8) is 0 Å². The summed E-state index contributed by atoms with van der Waals surface area (Å²) in [7, 11) is 0. The van der Waals surface area contributed by atoms with E-state index >= 15 is 0 Å². The van der Waals surface area contributed by atoms with Crippen molar-refractivity contribution >= 4 is 22.7 Å². The Balaban J connectivity index is 1.97. The minimum atomic E-state index is -0.0342. The predicted octanol–water partition coefficient (Wildman–Crippen LogP) is 5.20. The van der Waals surface area contributed by atoms with E-state index in [0.29, 0.717) is 34.7 Å². The zero-order chi connectivity index (χ0) is 18.7. The number of unbranched alkanes of at least 4 members (excludes halogenated alkanes) is 1. The van der Waals surface area contributed by atoms with Crippen LogP contribution in [-0.4, -0.2) is 16.0 Å². The van der Waals surface area contributed by atoms with Gasteiger partial charge < -0.3 is 14.8 Å². The molecule has 0 bridgehead atoms. The summed E-state index contributed by atoms with van der Waals surface area (Å²) in [6, 6.07) is 9.35. The number of amides is 1. The molecule has 0 fully saturated rings. The number of nitrogens with one attached hydrogen (secondary N) is 1. The summed E-state index contributed by atoms with van der Waals surface area (Å²) in [6.45, 7) is 5.92. The summed E-state index contributed by atoms with van der Waals surface area (Å²) < 4.78 is 5.83. The van der Waals surface area contributed by atoms with Crippen molar-refractivity contribution in [2.75, 3.05) is 5.32 Å². The van der Waals surface area contributed by atoms with Crippen LogP contribution in [0.3, 0.4) is 0 Å². The fourth-order valence-corrected chi connectivity index (χ4v) is 2.88. The molecule has 1 aromatic heterocycles. The SMILES string of the molecule is CCCCC(=O)Nc1cc(C)c(O)c(-c2nc3cc(CC)ccc3o2)c1. The zero-order valence-electron chi connectivity index (χ0n) is 15.4. The van der Waals surface area contributed by atoms with Crippen LogP contribution in [0, 0.1) is 6.92 Å². The van der Waals surface area contributed by atoms with Gasteiger partial charge in [-0.25, -0.2) is 4.98 Å². The van der Waals surface area contributed by atoms with Crippen LogP contribution in [0.2, 0.25) is 0 Å². The first-order valence-electron chi connectivity index (χ1n) is 9.05. The number of oxazole rings is 1. The van der Waals surface area contributed by atoms with E-state index < -0.39 is 0 Å². The molecule has 0 atom stereocenters. The minimum absolute atomic E-state index is 0.0342. The van der Waals surface area contributed by atoms with E-state index in [1.165, 1.54) is 5.56 Å². The summed E-state index contributed by atoms with van der Waals surface area (Å²) in [4.78, 5) is 16.5. The smallest absolute Gasteiger partial charge is 0.231 e. The first-order valence-corrected chi connectivity index (χ1v) is 9.05. The first-order chi connectivity index (χ1) is 12.5. The van der Waals surface area contributed by atoms with E-state index in [9.17, 15) is 9.90 Å². The number of aromatic hydroxyl groups is 1. The Hall–Kier alpha value is -2.82. The molecule has 2 N–H and O–H groups in total. The van der Waals surface area contributed by atoms with Crippen molar-refractivity contribution < 1.29 is 14.3 Å². The lowest BCUT2D eigenvalue weighted by Crippen LogP contribution is -2.11. The van der Waals surface area contributed by atoms with Gasteiger partial charge in [-0.1, -0.05) is 26.3 Å². The average Bonchev–Trinajstić information content (AvgIpc) is 3.05. The largest absolute Gasteiger partial charge is 0.507 e. The van der Waals surface area contributed by atoms with Gasteiger partial charge in [0.2, 0.25) is 11.8 Å². The van der Waals surface area contributed by atoms with Crippen LogP contribution in [0.15, 0.2) is 34.7 Å². The zero-order valence-corrected chi connectivity index (χ0v) is 15.4. The molecule has 3 aromatic rings. The van der Waals surface area contributed by atoms with E-state index in [-0.39, 0.29) is 11.7 Å². The number of fused-ring (bicyclic) bond motifs is 1. The number of anilines is 1. The maximum atomic E-state index is 12.0. The van der Waals surface area contributed by atoms with E-state index in [4.69, 9.17) is 4.42 Å². The maximum Gasteiger partial charge on any atom is 0.231 e. The molecule has 0 unspecified atom stereocenters. The van der Waals surface area contributed by atoms with Crippen molar-refractivity contribution in [1.82, 2.24) is 4.98 Å². The molecule has 1 heterocycles. The number of rotatable bonds is 6. The number of benzene rings is 2.